The van der Waals surface area contributed by atoms with Crippen molar-refractivity contribution < 1.29 is 0 Å². The minimum Gasteiger partial charge on any atom is -0.330 e. The van der Waals surface area contributed by atoms with Gasteiger partial charge >= 0.3 is 0 Å². The summed E-state index contributed by atoms with van der Waals surface area (Å²) in [4.78, 5) is 2.84. The maximum atomic E-state index is 6.05. The van der Waals surface area contributed by atoms with E-state index in [2.05, 4.69) is 25.7 Å². The summed E-state index contributed by atoms with van der Waals surface area (Å²) in [6.45, 7) is 9.26. The van der Waals surface area contributed by atoms with Gasteiger partial charge in [-0.05, 0) is 69.4 Å². The molecule has 118 valence electrons. The summed E-state index contributed by atoms with van der Waals surface area (Å²) >= 11 is 0. The lowest BCUT2D eigenvalue weighted by Gasteiger charge is -2.46. The van der Waals surface area contributed by atoms with Crippen LogP contribution in [-0.2, 0) is 0 Å². The Kier molecular flexibility index (Phi) is 6.35. The average molecular weight is 280 g/mol. The van der Waals surface area contributed by atoms with Crippen molar-refractivity contribution in [3.05, 3.63) is 0 Å². The largest absolute Gasteiger partial charge is 0.330 e. The highest BCUT2D eigenvalue weighted by Crippen LogP contribution is 2.36. The topological polar surface area (TPSA) is 29.3 Å². The zero-order valence-electron chi connectivity index (χ0n) is 14.0. The summed E-state index contributed by atoms with van der Waals surface area (Å²) in [5.41, 5.74) is 6.05. The van der Waals surface area contributed by atoms with E-state index in [-0.39, 0.29) is 0 Å². The van der Waals surface area contributed by atoms with E-state index in [1.165, 1.54) is 57.9 Å². The molecule has 2 atom stereocenters. The Balaban J connectivity index is 1.94. The number of hydrogen-bond acceptors (Lipinski definition) is 2. The van der Waals surface area contributed by atoms with Gasteiger partial charge in [-0.1, -0.05) is 33.6 Å². The Hall–Kier alpha value is -0.0800. The quantitative estimate of drug-likeness (QED) is 0.823. The Labute approximate surface area is 126 Å². The molecule has 2 nitrogen and oxygen atoms in total. The molecule has 0 heterocycles. The lowest BCUT2D eigenvalue weighted by molar-refractivity contribution is 0.0415. The highest BCUT2D eigenvalue weighted by molar-refractivity contribution is 4.89. The van der Waals surface area contributed by atoms with Crippen LogP contribution in [0.3, 0.4) is 0 Å². The Bertz CT molecular complexity index is 269. The van der Waals surface area contributed by atoms with Crippen LogP contribution in [0.5, 0.6) is 0 Å². The zero-order valence-corrected chi connectivity index (χ0v) is 14.0. The molecule has 0 spiro atoms. The summed E-state index contributed by atoms with van der Waals surface area (Å²) < 4.78 is 0. The van der Waals surface area contributed by atoms with Crippen LogP contribution in [0.4, 0.5) is 0 Å². The van der Waals surface area contributed by atoms with Gasteiger partial charge in [0, 0.05) is 12.1 Å². The van der Waals surface area contributed by atoms with Crippen molar-refractivity contribution in [3.63, 3.8) is 0 Å². The summed E-state index contributed by atoms with van der Waals surface area (Å²) in [5, 5.41) is 0. The van der Waals surface area contributed by atoms with Crippen molar-refractivity contribution in [2.75, 3.05) is 13.1 Å². The molecular formula is C18H36N2. The normalized spacial score (nSPS) is 35.7. The molecule has 0 bridgehead atoms. The number of nitrogens with zero attached hydrogens (tertiary/aromatic N) is 1. The van der Waals surface area contributed by atoms with Crippen molar-refractivity contribution in [1.29, 1.82) is 0 Å². The minimum absolute atomic E-state index is 0.756. The summed E-state index contributed by atoms with van der Waals surface area (Å²) in [6, 6.07) is 1.62. The maximum Gasteiger partial charge on any atom is 0.0138 e. The van der Waals surface area contributed by atoms with E-state index in [0.29, 0.717) is 0 Å². The average Bonchev–Trinajstić information content (AvgIpc) is 2.49. The van der Waals surface area contributed by atoms with Gasteiger partial charge in [-0.15, -0.1) is 0 Å². The smallest absolute Gasteiger partial charge is 0.0138 e. The summed E-state index contributed by atoms with van der Waals surface area (Å²) in [7, 11) is 0. The molecule has 0 aromatic rings. The van der Waals surface area contributed by atoms with Crippen molar-refractivity contribution in [3.8, 4) is 0 Å². The molecule has 0 amide bonds. The summed E-state index contributed by atoms with van der Waals surface area (Å²) in [6.07, 6.45) is 11.3. The molecule has 0 aromatic heterocycles. The van der Waals surface area contributed by atoms with Gasteiger partial charge in [-0.2, -0.15) is 0 Å². The van der Waals surface area contributed by atoms with Crippen LogP contribution < -0.4 is 5.73 Å². The van der Waals surface area contributed by atoms with Crippen molar-refractivity contribution >= 4 is 0 Å². The molecule has 2 aliphatic carbocycles. The number of hydrogen-bond donors (Lipinski definition) is 1. The molecule has 0 aliphatic heterocycles. The Morgan fingerprint density at radius 1 is 1.00 bits per heavy atom. The van der Waals surface area contributed by atoms with Crippen molar-refractivity contribution in [2.24, 2.45) is 23.5 Å². The van der Waals surface area contributed by atoms with Gasteiger partial charge in [-0.3, -0.25) is 4.90 Å². The van der Waals surface area contributed by atoms with E-state index in [1.54, 1.807) is 0 Å². The van der Waals surface area contributed by atoms with Gasteiger partial charge < -0.3 is 5.73 Å². The first-order chi connectivity index (χ1) is 9.67. The molecule has 0 radical (unpaired) electrons. The van der Waals surface area contributed by atoms with Gasteiger partial charge in [0.1, 0.15) is 0 Å². The fourth-order valence-electron chi connectivity index (χ4n) is 4.76. The third-order valence-electron chi connectivity index (χ3n) is 6.12. The molecule has 2 fully saturated rings. The molecule has 2 N–H and O–H groups in total. The number of nitrogens with two attached hydrogens (primary N) is 1. The van der Waals surface area contributed by atoms with Crippen LogP contribution in [-0.4, -0.2) is 30.1 Å². The van der Waals surface area contributed by atoms with Gasteiger partial charge in [0.2, 0.25) is 0 Å². The highest BCUT2D eigenvalue weighted by Gasteiger charge is 2.34. The molecule has 2 heteroatoms. The number of rotatable bonds is 5. The fraction of sp³-hybridized carbons (Fsp3) is 1.00. The first-order valence-electron chi connectivity index (χ1n) is 9.13. The maximum absolute atomic E-state index is 6.05. The molecule has 2 aliphatic rings. The first-order valence-corrected chi connectivity index (χ1v) is 9.13. The third kappa shape index (κ3) is 3.76. The van der Waals surface area contributed by atoms with E-state index in [4.69, 9.17) is 5.73 Å². The van der Waals surface area contributed by atoms with Gasteiger partial charge in [0.15, 0.2) is 0 Å². The molecular weight excluding hydrogens is 244 g/mol. The van der Waals surface area contributed by atoms with E-state index < -0.39 is 0 Å². The lowest BCUT2D eigenvalue weighted by atomic mass is 9.77. The van der Waals surface area contributed by atoms with E-state index in [9.17, 15) is 0 Å². The third-order valence-corrected chi connectivity index (χ3v) is 6.12. The minimum atomic E-state index is 0.756. The Morgan fingerprint density at radius 3 is 2.20 bits per heavy atom. The standard InChI is InChI=1S/C18H36N2/c1-4-20(18-8-6-5-7-16(18)13-19)17-11-9-15(10-12-17)14(2)3/h14-18H,4-13,19H2,1-3H3. The highest BCUT2D eigenvalue weighted by atomic mass is 15.2. The lowest BCUT2D eigenvalue weighted by Crippen LogP contribution is -2.50. The van der Waals surface area contributed by atoms with Gasteiger partial charge in [-0.25, -0.2) is 0 Å². The molecule has 20 heavy (non-hydrogen) atoms. The molecule has 2 rings (SSSR count). The van der Waals surface area contributed by atoms with Crippen LogP contribution in [0.15, 0.2) is 0 Å². The summed E-state index contributed by atoms with van der Waals surface area (Å²) in [5.74, 6) is 2.60. The predicted octanol–water partition coefficient (Wildman–Crippen LogP) is 4.04. The van der Waals surface area contributed by atoms with Crippen LogP contribution in [0.1, 0.15) is 72.1 Å². The second kappa shape index (κ2) is 7.79. The van der Waals surface area contributed by atoms with Gasteiger partial charge in [0.05, 0.1) is 0 Å². The molecule has 2 unspecified atom stereocenters. The second-order valence-corrected chi connectivity index (χ2v) is 7.49. The van der Waals surface area contributed by atoms with E-state index in [0.717, 1.165) is 36.4 Å². The van der Waals surface area contributed by atoms with E-state index in [1.807, 2.05) is 0 Å². The van der Waals surface area contributed by atoms with Crippen molar-refractivity contribution in [1.82, 2.24) is 4.90 Å². The zero-order chi connectivity index (χ0) is 14.5. The van der Waals surface area contributed by atoms with Crippen LogP contribution in [0.2, 0.25) is 0 Å². The predicted molar refractivity (Wildman–Crippen MR) is 87.8 cm³/mol. The second-order valence-electron chi connectivity index (χ2n) is 7.49. The Morgan fingerprint density at radius 2 is 1.65 bits per heavy atom. The van der Waals surface area contributed by atoms with Crippen LogP contribution in [0, 0.1) is 17.8 Å². The van der Waals surface area contributed by atoms with Gasteiger partial charge in [0.25, 0.3) is 0 Å². The van der Waals surface area contributed by atoms with E-state index >= 15 is 0 Å². The monoisotopic (exact) mass is 280 g/mol. The SMILES string of the molecule is CCN(C1CCC(C(C)C)CC1)C1CCCCC1CN. The molecule has 0 saturated heterocycles. The van der Waals surface area contributed by atoms with Crippen LogP contribution in [0.25, 0.3) is 0 Å². The molecule has 0 aromatic carbocycles. The van der Waals surface area contributed by atoms with Crippen LogP contribution >= 0.6 is 0 Å². The molecule has 2 saturated carbocycles. The fourth-order valence-corrected chi connectivity index (χ4v) is 4.76. The van der Waals surface area contributed by atoms with Crippen molar-refractivity contribution in [2.45, 2.75) is 84.2 Å². The first kappa shape index (κ1) is 16.3.